The minimum Gasteiger partial charge on any atom is -0.489 e. The van der Waals surface area contributed by atoms with Crippen LogP contribution in [0, 0.1) is 5.82 Å². The van der Waals surface area contributed by atoms with E-state index in [1.54, 1.807) is 42.5 Å². The minimum absolute atomic E-state index is 0.00236. The van der Waals surface area contributed by atoms with E-state index in [-0.39, 0.29) is 24.4 Å². The van der Waals surface area contributed by atoms with Crippen LogP contribution < -0.4 is 15.4 Å². The summed E-state index contributed by atoms with van der Waals surface area (Å²) >= 11 is 0. The number of allylic oxidation sites excluding steroid dienone is 2. The molecule has 0 aliphatic carbocycles. The third-order valence-electron chi connectivity index (χ3n) is 4.20. The molecule has 2 aromatic rings. The number of benzene rings is 2. The molecule has 0 saturated heterocycles. The smallest absolute Gasteiger partial charge is 0.267 e. The van der Waals surface area contributed by atoms with Crippen LogP contribution in [0.25, 0.3) is 6.08 Å². The highest BCUT2D eigenvalue weighted by Crippen LogP contribution is 2.16. The van der Waals surface area contributed by atoms with Crippen molar-refractivity contribution in [3.8, 4) is 5.75 Å². The first kappa shape index (κ1) is 24.3. The van der Waals surface area contributed by atoms with Gasteiger partial charge < -0.3 is 20.5 Å². The Morgan fingerprint density at radius 3 is 2.44 bits per heavy atom. The number of hydrogen-bond donors (Lipinski definition) is 3. The number of carbonyl (C=O) groups excluding carboxylic acids is 2. The van der Waals surface area contributed by atoms with Gasteiger partial charge in [-0.05, 0) is 41.5 Å². The zero-order valence-corrected chi connectivity index (χ0v) is 17.5. The normalized spacial score (nSPS) is 11.4. The molecule has 0 aromatic heterocycles. The van der Waals surface area contributed by atoms with Gasteiger partial charge in [-0.1, -0.05) is 55.7 Å². The van der Waals surface area contributed by atoms with Crippen LogP contribution in [0.1, 0.15) is 15.9 Å². The van der Waals surface area contributed by atoms with E-state index in [1.807, 2.05) is 0 Å². The molecular formula is C25H25FN2O4. The molecule has 0 saturated carbocycles. The Morgan fingerprint density at radius 2 is 1.81 bits per heavy atom. The van der Waals surface area contributed by atoms with E-state index in [4.69, 9.17) is 9.84 Å². The van der Waals surface area contributed by atoms with E-state index in [9.17, 15) is 14.0 Å². The van der Waals surface area contributed by atoms with Gasteiger partial charge in [-0.2, -0.15) is 0 Å². The Hall–Kier alpha value is -3.97. The van der Waals surface area contributed by atoms with Crippen LogP contribution in [-0.2, 0) is 4.79 Å². The quantitative estimate of drug-likeness (QED) is 0.372. The van der Waals surface area contributed by atoms with Crippen LogP contribution in [0.3, 0.4) is 0 Å². The molecule has 7 heteroatoms. The molecule has 3 N–H and O–H groups in total. The van der Waals surface area contributed by atoms with Crippen LogP contribution in [0.2, 0.25) is 0 Å². The Kier molecular flexibility index (Phi) is 9.62. The number of halogens is 1. The highest BCUT2D eigenvalue weighted by molar-refractivity contribution is 6.05. The maximum absolute atomic E-state index is 13.9. The SMILES string of the molecule is C=C/C=C(\C=C)COc1ccc(/C=C(\NC(=O)c2ccccc2F)C(=O)NCCO)cc1. The summed E-state index contributed by atoms with van der Waals surface area (Å²) in [6.07, 6.45) is 6.56. The molecular weight excluding hydrogens is 411 g/mol. The van der Waals surface area contributed by atoms with Crippen LogP contribution in [0.5, 0.6) is 5.75 Å². The highest BCUT2D eigenvalue weighted by Gasteiger charge is 2.16. The Morgan fingerprint density at radius 1 is 1.09 bits per heavy atom. The second-order valence-electron chi connectivity index (χ2n) is 6.51. The third kappa shape index (κ3) is 7.37. The minimum atomic E-state index is -0.764. The number of nitrogens with one attached hydrogen (secondary N) is 2. The van der Waals surface area contributed by atoms with Gasteiger partial charge in [-0.15, -0.1) is 0 Å². The van der Waals surface area contributed by atoms with Gasteiger partial charge in [0.25, 0.3) is 11.8 Å². The summed E-state index contributed by atoms with van der Waals surface area (Å²) in [5, 5.41) is 13.9. The first-order valence-corrected chi connectivity index (χ1v) is 9.82. The molecule has 0 radical (unpaired) electrons. The van der Waals surface area contributed by atoms with Crippen molar-refractivity contribution < 1.29 is 23.8 Å². The average Bonchev–Trinajstić information content (AvgIpc) is 2.80. The molecule has 2 aromatic carbocycles. The van der Waals surface area contributed by atoms with E-state index in [1.165, 1.54) is 24.3 Å². The predicted octanol–water partition coefficient (Wildman–Crippen LogP) is 3.38. The molecule has 0 unspecified atom stereocenters. The average molecular weight is 436 g/mol. The summed E-state index contributed by atoms with van der Waals surface area (Å²) in [4.78, 5) is 24.9. The largest absolute Gasteiger partial charge is 0.489 e. The summed E-state index contributed by atoms with van der Waals surface area (Å²) in [5.74, 6) is -1.49. The Balaban J connectivity index is 2.20. The first-order chi connectivity index (χ1) is 15.5. The lowest BCUT2D eigenvalue weighted by Gasteiger charge is -2.11. The molecule has 0 aliphatic heterocycles. The molecule has 0 atom stereocenters. The van der Waals surface area contributed by atoms with Gasteiger partial charge in [-0.3, -0.25) is 9.59 Å². The zero-order chi connectivity index (χ0) is 23.3. The fraction of sp³-hybridized carbons (Fsp3) is 0.120. The monoisotopic (exact) mass is 436 g/mol. The molecule has 0 fully saturated rings. The summed E-state index contributed by atoms with van der Waals surface area (Å²) in [7, 11) is 0. The van der Waals surface area contributed by atoms with Crippen molar-refractivity contribution in [2.24, 2.45) is 0 Å². The fourth-order valence-electron chi connectivity index (χ4n) is 2.58. The summed E-state index contributed by atoms with van der Waals surface area (Å²) in [6, 6.07) is 12.3. The number of carbonyl (C=O) groups is 2. The maximum Gasteiger partial charge on any atom is 0.267 e. The van der Waals surface area contributed by atoms with Crippen LogP contribution >= 0.6 is 0 Å². The van der Waals surface area contributed by atoms with E-state index < -0.39 is 17.6 Å². The number of aliphatic hydroxyl groups is 1. The fourth-order valence-corrected chi connectivity index (χ4v) is 2.58. The second kappa shape index (κ2) is 12.7. The van der Waals surface area contributed by atoms with Gasteiger partial charge in [0, 0.05) is 6.54 Å². The first-order valence-electron chi connectivity index (χ1n) is 9.82. The molecule has 6 nitrogen and oxygen atoms in total. The van der Waals surface area contributed by atoms with Crippen molar-refractivity contribution >= 4 is 17.9 Å². The summed E-state index contributed by atoms with van der Waals surface area (Å²) < 4.78 is 19.6. The molecule has 0 spiro atoms. The molecule has 2 amide bonds. The summed E-state index contributed by atoms with van der Waals surface area (Å²) in [5.41, 5.74) is 1.18. The van der Waals surface area contributed by atoms with Crippen molar-refractivity contribution in [1.82, 2.24) is 10.6 Å². The van der Waals surface area contributed by atoms with Gasteiger partial charge in [0.05, 0.1) is 12.2 Å². The molecule has 0 bridgehead atoms. The standard InChI is InChI=1S/C25H25FN2O4/c1-3-7-18(4-2)17-32-20-12-10-19(11-13-20)16-23(25(31)27-14-15-29)28-24(30)21-8-5-6-9-22(21)26/h3-13,16,29H,1-2,14-15,17H2,(H,27,31)(H,28,30)/b18-7+,23-16-. The zero-order valence-electron chi connectivity index (χ0n) is 17.5. The molecule has 2 rings (SSSR count). The topological polar surface area (TPSA) is 87.7 Å². The second-order valence-corrected chi connectivity index (χ2v) is 6.51. The highest BCUT2D eigenvalue weighted by atomic mass is 19.1. The van der Waals surface area contributed by atoms with E-state index in [0.29, 0.717) is 17.9 Å². The predicted molar refractivity (Wildman–Crippen MR) is 122 cm³/mol. The molecule has 0 aliphatic rings. The van der Waals surface area contributed by atoms with Crippen molar-refractivity contribution in [1.29, 1.82) is 0 Å². The Labute approximate surface area is 186 Å². The van der Waals surface area contributed by atoms with Crippen molar-refractivity contribution in [3.63, 3.8) is 0 Å². The number of ether oxygens (including phenoxy) is 1. The number of hydrogen-bond acceptors (Lipinski definition) is 4. The van der Waals surface area contributed by atoms with Gasteiger partial charge in [0.1, 0.15) is 23.9 Å². The lowest BCUT2D eigenvalue weighted by Crippen LogP contribution is -2.36. The van der Waals surface area contributed by atoms with Gasteiger partial charge >= 0.3 is 0 Å². The van der Waals surface area contributed by atoms with Crippen LogP contribution in [0.4, 0.5) is 4.39 Å². The van der Waals surface area contributed by atoms with E-state index >= 15 is 0 Å². The van der Waals surface area contributed by atoms with Crippen molar-refractivity contribution in [3.05, 3.63) is 108 Å². The lowest BCUT2D eigenvalue weighted by atomic mass is 10.1. The third-order valence-corrected chi connectivity index (χ3v) is 4.20. The molecule has 166 valence electrons. The van der Waals surface area contributed by atoms with Crippen LogP contribution in [-0.4, -0.2) is 36.7 Å². The number of aliphatic hydroxyl groups excluding tert-OH is 1. The van der Waals surface area contributed by atoms with E-state index in [0.717, 1.165) is 11.6 Å². The Bertz CT molecular complexity index is 1030. The lowest BCUT2D eigenvalue weighted by molar-refractivity contribution is -0.117. The number of amides is 2. The molecule has 0 heterocycles. The van der Waals surface area contributed by atoms with Gasteiger partial charge in [-0.25, -0.2) is 4.39 Å². The van der Waals surface area contributed by atoms with Crippen molar-refractivity contribution in [2.75, 3.05) is 19.8 Å². The van der Waals surface area contributed by atoms with E-state index in [2.05, 4.69) is 23.8 Å². The van der Waals surface area contributed by atoms with Gasteiger partial charge in [0.15, 0.2) is 0 Å². The van der Waals surface area contributed by atoms with Crippen LogP contribution in [0.15, 0.2) is 91.2 Å². The van der Waals surface area contributed by atoms with Gasteiger partial charge in [0.2, 0.25) is 0 Å². The maximum atomic E-state index is 13.9. The summed E-state index contributed by atoms with van der Waals surface area (Å²) in [6.45, 7) is 7.40. The van der Waals surface area contributed by atoms with Crippen molar-refractivity contribution in [2.45, 2.75) is 0 Å². The number of rotatable bonds is 11. The molecule has 32 heavy (non-hydrogen) atoms.